The molecule has 0 aliphatic heterocycles. The molecule has 0 bridgehead atoms. The summed E-state index contributed by atoms with van der Waals surface area (Å²) < 4.78 is 28.0. The Kier molecular flexibility index (Phi) is 2.40. The lowest BCUT2D eigenvalue weighted by atomic mass is 10.4. The average molecular weight is 295 g/mol. The standard InChI is InChI=1S/C7H11BrN4O2S/c1-7(3-4-7)10-15(13,14)6-5(8)9-11-12(6)2/h10H,3-4H2,1-2H3. The van der Waals surface area contributed by atoms with Crippen LogP contribution < -0.4 is 4.72 Å². The summed E-state index contributed by atoms with van der Waals surface area (Å²) in [5.41, 5.74) is -0.289. The second kappa shape index (κ2) is 3.26. The minimum atomic E-state index is -3.53. The fraction of sp³-hybridized carbons (Fsp3) is 0.714. The van der Waals surface area contributed by atoms with E-state index in [9.17, 15) is 8.42 Å². The van der Waals surface area contributed by atoms with Crippen LogP contribution in [-0.2, 0) is 17.1 Å². The molecule has 0 radical (unpaired) electrons. The summed E-state index contributed by atoms with van der Waals surface area (Å²) in [6.07, 6.45) is 1.74. The highest BCUT2D eigenvalue weighted by atomic mass is 79.9. The SMILES string of the molecule is Cn1nnc(Br)c1S(=O)(=O)NC1(C)CC1. The van der Waals surface area contributed by atoms with Crippen LogP contribution in [0.15, 0.2) is 9.63 Å². The Bertz CT molecular complexity index is 472. The van der Waals surface area contributed by atoms with E-state index in [1.54, 1.807) is 7.05 Å². The molecule has 6 nitrogen and oxygen atoms in total. The predicted octanol–water partition coefficient (Wildman–Crippen LogP) is 0.408. The summed E-state index contributed by atoms with van der Waals surface area (Å²) in [5.74, 6) is 0. The number of aromatic nitrogens is 3. The molecule has 1 N–H and O–H groups in total. The third kappa shape index (κ3) is 2.06. The molecule has 1 aliphatic carbocycles. The summed E-state index contributed by atoms with van der Waals surface area (Å²) in [7, 11) is -1.99. The summed E-state index contributed by atoms with van der Waals surface area (Å²) in [6.45, 7) is 1.88. The molecule has 8 heteroatoms. The molecule has 0 saturated heterocycles. The molecule has 0 aromatic carbocycles. The van der Waals surface area contributed by atoms with Crippen molar-refractivity contribution in [2.75, 3.05) is 0 Å². The van der Waals surface area contributed by atoms with Gasteiger partial charge >= 0.3 is 0 Å². The number of nitrogens with zero attached hydrogens (tertiary/aromatic N) is 3. The molecule has 0 unspecified atom stereocenters. The average Bonchev–Trinajstić information content (AvgIpc) is 2.67. The zero-order valence-electron chi connectivity index (χ0n) is 8.36. The predicted molar refractivity (Wildman–Crippen MR) is 56.7 cm³/mol. The molecule has 1 saturated carbocycles. The van der Waals surface area contributed by atoms with Gasteiger partial charge in [0.05, 0.1) is 0 Å². The molecule has 1 aliphatic rings. The van der Waals surface area contributed by atoms with Gasteiger partial charge in [-0.2, -0.15) is 0 Å². The molecule has 1 heterocycles. The number of halogens is 1. The molecular formula is C7H11BrN4O2S. The van der Waals surface area contributed by atoms with Gasteiger partial charge in [0.25, 0.3) is 10.0 Å². The van der Waals surface area contributed by atoms with Crippen LogP contribution in [0.1, 0.15) is 19.8 Å². The number of hydrogen-bond donors (Lipinski definition) is 1. The lowest BCUT2D eigenvalue weighted by Gasteiger charge is -2.11. The zero-order valence-corrected chi connectivity index (χ0v) is 10.8. The molecule has 0 spiro atoms. The van der Waals surface area contributed by atoms with E-state index in [0.29, 0.717) is 0 Å². The van der Waals surface area contributed by atoms with E-state index in [1.807, 2.05) is 6.92 Å². The maximum Gasteiger partial charge on any atom is 0.261 e. The Morgan fingerprint density at radius 3 is 2.53 bits per heavy atom. The Morgan fingerprint density at radius 2 is 2.13 bits per heavy atom. The monoisotopic (exact) mass is 294 g/mol. The Morgan fingerprint density at radius 1 is 1.53 bits per heavy atom. The molecule has 1 aromatic rings. The van der Waals surface area contributed by atoms with Crippen molar-refractivity contribution >= 4 is 26.0 Å². The van der Waals surface area contributed by atoms with Crippen LogP contribution in [0.2, 0.25) is 0 Å². The number of sulfonamides is 1. The summed E-state index contributed by atoms with van der Waals surface area (Å²) in [5, 5.41) is 7.34. The van der Waals surface area contributed by atoms with Crippen molar-refractivity contribution in [1.29, 1.82) is 0 Å². The van der Waals surface area contributed by atoms with Gasteiger partial charge < -0.3 is 0 Å². The van der Waals surface area contributed by atoms with Gasteiger partial charge in [-0.25, -0.2) is 17.8 Å². The normalized spacial score (nSPS) is 19.1. The van der Waals surface area contributed by atoms with Crippen molar-refractivity contribution in [1.82, 2.24) is 19.7 Å². The Hall–Kier alpha value is -0.470. The van der Waals surface area contributed by atoms with Crippen LogP contribution in [0.3, 0.4) is 0 Å². The lowest BCUT2D eigenvalue weighted by Crippen LogP contribution is -2.35. The van der Waals surface area contributed by atoms with Crippen LogP contribution in [0.25, 0.3) is 0 Å². The molecule has 0 amide bonds. The lowest BCUT2D eigenvalue weighted by molar-refractivity contribution is 0.540. The maximum atomic E-state index is 11.9. The van der Waals surface area contributed by atoms with Crippen molar-refractivity contribution in [2.45, 2.75) is 30.3 Å². The zero-order chi connectivity index (χ0) is 11.3. The van der Waals surface area contributed by atoms with E-state index >= 15 is 0 Å². The largest absolute Gasteiger partial charge is 0.261 e. The third-order valence-corrected chi connectivity index (χ3v) is 4.90. The van der Waals surface area contributed by atoms with E-state index < -0.39 is 10.0 Å². The first-order valence-electron chi connectivity index (χ1n) is 4.43. The van der Waals surface area contributed by atoms with Gasteiger partial charge in [-0.1, -0.05) is 5.21 Å². The summed E-state index contributed by atoms with van der Waals surface area (Å²) in [4.78, 5) is 0. The van der Waals surface area contributed by atoms with Gasteiger partial charge in [-0.05, 0) is 35.7 Å². The molecule has 2 rings (SSSR count). The first-order chi connectivity index (χ1) is 6.84. The Labute approximate surface area is 96.2 Å². The molecule has 0 atom stereocenters. The Balaban J connectivity index is 2.37. The fourth-order valence-corrected chi connectivity index (χ4v) is 3.83. The van der Waals surface area contributed by atoms with Crippen LogP contribution >= 0.6 is 15.9 Å². The van der Waals surface area contributed by atoms with Crippen LogP contribution in [-0.4, -0.2) is 29.0 Å². The van der Waals surface area contributed by atoms with Gasteiger partial charge in [0, 0.05) is 12.6 Å². The van der Waals surface area contributed by atoms with Gasteiger partial charge in [-0.15, -0.1) is 5.10 Å². The van der Waals surface area contributed by atoms with Gasteiger partial charge in [-0.3, -0.25) is 0 Å². The second-order valence-electron chi connectivity index (χ2n) is 3.98. The van der Waals surface area contributed by atoms with E-state index in [-0.39, 0.29) is 15.2 Å². The number of hydrogen-bond acceptors (Lipinski definition) is 4. The highest BCUT2D eigenvalue weighted by Crippen LogP contribution is 2.36. The van der Waals surface area contributed by atoms with Crippen molar-refractivity contribution in [3.05, 3.63) is 4.60 Å². The third-order valence-electron chi connectivity index (χ3n) is 2.37. The summed E-state index contributed by atoms with van der Waals surface area (Å²) >= 11 is 3.07. The van der Waals surface area contributed by atoms with Crippen molar-refractivity contribution in [2.24, 2.45) is 7.05 Å². The number of nitrogens with one attached hydrogen (secondary N) is 1. The van der Waals surface area contributed by atoms with Gasteiger partial charge in [0.15, 0.2) is 4.60 Å². The number of aryl methyl sites for hydroxylation is 1. The minimum absolute atomic E-state index is 0.0654. The van der Waals surface area contributed by atoms with Crippen LogP contribution in [0.4, 0.5) is 0 Å². The van der Waals surface area contributed by atoms with Crippen molar-refractivity contribution < 1.29 is 8.42 Å². The quantitative estimate of drug-likeness (QED) is 0.876. The highest BCUT2D eigenvalue weighted by Gasteiger charge is 2.42. The minimum Gasteiger partial charge on any atom is -0.235 e. The van der Waals surface area contributed by atoms with Gasteiger partial charge in [0.2, 0.25) is 5.03 Å². The first-order valence-corrected chi connectivity index (χ1v) is 6.71. The van der Waals surface area contributed by atoms with E-state index in [4.69, 9.17) is 0 Å². The second-order valence-corrected chi connectivity index (χ2v) is 6.32. The summed E-state index contributed by atoms with van der Waals surface area (Å²) in [6, 6.07) is 0. The molecule has 1 fully saturated rings. The van der Waals surface area contributed by atoms with E-state index in [2.05, 4.69) is 31.0 Å². The topological polar surface area (TPSA) is 76.9 Å². The first kappa shape index (κ1) is 11.0. The molecule has 15 heavy (non-hydrogen) atoms. The fourth-order valence-electron chi connectivity index (χ4n) is 1.27. The molecule has 84 valence electrons. The van der Waals surface area contributed by atoms with Crippen molar-refractivity contribution in [3.63, 3.8) is 0 Å². The smallest absolute Gasteiger partial charge is 0.235 e. The van der Waals surface area contributed by atoms with Crippen LogP contribution in [0.5, 0.6) is 0 Å². The van der Waals surface area contributed by atoms with E-state index in [1.165, 1.54) is 4.68 Å². The van der Waals surface area contributed by atoms with E-state index in [0.717, 1.165) is 12.8 Å². The highest BCUT2D eigenvalue weighted by molar-refractivity contribution is 9.10. The maximum absolute atomic E-state index is 11.9. The molecule has 1 aromatic heterocycles. The number of rotatable bonds is 3. The van der Waals surface area contributed by atoms with Gasteiger partial charge in [0.1, 0.15) is 0 Å². The van der Waals surface area contributed by atoms with Crippen molar-refractivity contribution in [3.8, 4) is 0 Å². The van der Waals surface area contributed by atoms with Crippen LogP contribution in [0, 0.1) is 0 Å². The molecular weight excluding hydrogens is 284 g/mol.